The Labute approximate surface area is 297 Å². The van der Waals surface area contributed by atoms with E-state index in [9.17, 15) is 0 Å². The van der Waals surface area contributed by atoms with Crippen molar-refractivity contribution in [1.82, 2.24) is 0 Å². The van der Waals surface area contributed by atoms with Crippen molar-refractivity contribution >= 4 is 49.8 Å². The fourth-order valence-electron chi connectivity index (χ4n) is 8.43. The van der Waals surface area contributed by atoms with Crippen LogP contribution < -0.4 is 4.90 Å². The Kier molecular flexibility index (Phi) is 6.56. The summed E-state index contributed by atoms with van der Waals surface area (Å²) in [5.41, 5.74) is 14.9. The number of furan rings is 1. The third kappa shape index (κ3) is 4.57. The van der Waals surface area contributed by atoms with Crippen LogP contribution in [0.3, 0.4) is 0 Å². The summed E-state index contributed by atoms with van der Waals surface area (Å²) in [7, 11) is 0. The van der Waals surface area contributed by atoms with Crippen LogP contribution in [-0.2, 0) is 5.41 Å². The van der Waals surface area contributed by atoms with Gasteiger partial charge < -0.3 is 9.32 Å². The van der Waals surface area contributed by atoms with Gasteiger partial charge in [-0.3, -0.25) is 0 Å². The first kappa shape index (κ1) is 29.5. The Morgan fingerprint density at radius 3 is 1.88 bits per heavy atom. The van der Waals surface area contributed by atoms with E-state index < -0.39 is 0 Å². The van der Waals surface area contributed by atoms with E-state index in [4.69, 9.17) is 4.42 Å². The van der Waals surface area contributed by atoms with E-state index in [2.05, 4.69) is 195 Å². The van der Waals surface area contributed by atoms with Gasteiger partial charge in [-0.15, -0.1) is 0 Å². The summed E-state index contributed by atoms with van der Waals surface area (Å²) in [6.45, 7) is 4.65. The van der Waals surface area contributed by atoms with Crippen LogP contribution in [0.5, 0.6) is 0 Å². The van der Waals surface area contributed by atoms with Gasteiger partial charge in [0.05, 0.1) is 11.1 Å². The van der Waals surface area contributed by atoms with Crippen molar-refractivity contribution in [2.75, 3.05) is 4.90 Å². The van der Waals surface area contributed by atoms with E-state index in [0.29, 0.717) is 0 Å². The average molecular weight is 654 g/mol. The molecule has 10 rings (SSSR count). The molecule has 0 spiro atoms. The maximum absolute atomic E-state index is 6.89. The average Bonchev–Trinajstić information content (AvgIpc) is 3.68. The van der Waals surface area contributed by atoms with Gasteiger partial charge in [0.1, 0.15) is 11.2 Å². The molecule has 51 heavy (non-hydrogen) atoms. The fourth-order valence-corrected chi connectivity index (χ4v) is 8.43. The van der Waals surface area contributed by atoms with E-state index in [-0.39, 0.29) is 5.41 Å². The maximum Gasteiger partial charge on any atom is 0.140 e. The molecule has 1 aliphatic carbocycles. The second-order valence-electron chi connectivity index (χ2n) is 14.1. The highest BCUT2D eigenvalue weighted by atomic mass is 16.3. The Morgan fingerprint density at radius 2 is 1.08 bits per heavy atom. The molecule has 8 aromatic carbocycles. The van der Waals surface area contributed by atoms with Gasteiger partial charge in [-0.25, -0.2) is 0 Å². The molecule has 2 heteroatoms. The summed E-state index contributed by atoms with van der Waals surface area (Å²) < 4.78 is 6.89. The number of hydrogen-bond acceptors (Lipinski definition) is 2. The Morgan fingerprint density at radius 1 is 0.451 bits per heavy atom. The van der Waals surface area contributed by atoms with E-state index in [1.165, 1.54) is 55.3 Å². The molecule has 0 amide bonds. The Hall–Kier alpha value is -6.38. The number of nitrogens with zero attached hydrogens (tertiary/aromatic N) is 1. The van der Waals surface area contributed by atoms with Gasteiger partial charge >= 0.3 is 0 Å². The number of benzene rings is 8. The summed E-state index contributed by atoms with van der Waals surface area (Å²) in [4.78, 5) is 2.38. The van der Waals surface area contributed by atoms with Crippen LogP contribution in [0, 0.1) is 0 Å². The fraction of sp³-hybridized carbons (Fsp3) is 0.0612. The van der Waals surface area contributed by atoms with Gasteiger partial charge in [-0.05, 0) is 92.2 Å². The molecule has 0 fully saturated rings. The van der Waals surface area contributed by atoms with Crippen LogP contribution >= 0.6 is 0 Å². The van der Waals surface area contributed by atoms with Crippen LogP contribution in [0.15, 0.2) is 180 Å². The maximum atomic E-state index is 6.89. The van der Waals surface area contributed by atoms with Crippen LogP contribution in [-0.4, -0.2) is 0 Å². The third-order valence-electron chi connectivity index (χ3n) is 10.9. The van der Waals surface area contributed by atoms with Crippen molar-refractivity contribution in [2.45, 2.75) is 19.3 Å². The molecule has 9 aromatic rings. The third-order valence-corrected chi connectivity index (χ3v) is 10.9. The molecule has 1 aliphatic rings. The molecule has 0 N–H and O–H groups in total. The van der Waals surface area contributed by atoms with Crippen molar-refractivity contribution < 1.29 is 4.42 Å². The number of hydrogen-bond donors (Lipinski definition) is 0. The summed E-state index contributed by atoms with van der Waals surface area (Å²) in [6, 6.07) is 63.5. The molecule has 0 unspecified atom stereocenters. The SMILES string of the molecule is CC1(C)c2ccccc2-c2ccc3c(oc4cccc(N(c5ccc(-c6ccccc6)cc5)c5ccc(-c6cccc7ccccc67)cc5)c43)c21. The molecule has 0 bridgehead atoms. The van der Waals surface area contributed by atoms with Crippen molar-refractivity contribution in [2.24, 2.45) is 0 Å². The van der Waals surface area contributed by atoms with Gasteiger partial charge in [-0.1, -0.05) is 147 Å². The smallest absolute Gasteiger partial charge is 0.140 e. The quantitative estimate of drug-likeness (QED) is 0.184. The van der Waals surface area contributed by atoms with Crippen molar-refractivity contribution in [3.8, 4) is 33.4 Å². The zero-order valence-corrected chi connectivity index (χ0v) is 28.6. The Balaban J connectivity index is 1.17. The first-order valence-electron chi connectivity index (χ1n) is 17.7. The molecule has 0 saturated heterocycles. The summed E-state index contributed by atoms with van der Waals surface area (Å²) in [5.74, 6) is 0. The zero-order chi connectivity index (χ0) is 34.1. The standard InChI is InChI=1S/C49H35NO/c1-49(2)43-19-9-8-17-40(43)41-30-31-42-46-44(20-11-21-45(46)51-48(42)47(41)49)50(36-26-22-33(23-27-36)32-12-4-3-5-13-32)37-28-24-35(25-29-37)39-18-10-15-34-14-6-7-16-38(34)39/h3-31H,1-2H3. The van der Waals surface area contributed by atoms with Crippen LogP contribution in [0.2, 0.25) is 0 Å². The highest BCUT2D eigenvalue weighted by Crippen LogP contribution is 2.53. The molecular weight excluding hydrogens is 619 g/mol. The summed E-state index contributed by atoms with van der Waals surface area (Å²) >= 11 is 0. The van der Waals surface area contributed by atoms with Gasteiger partial charge in [0, 0.05) is 27.7 Å². The normalized spacial score (nSPS) is 13.1. The molecule has 0 aliphatic heterocycles. The summed E-state index contributed by atoms with van der Waals surface area (Å²) in [5, 5.41) is 4.76. The predicted molar refractivity (Wildman–Crippen MR) is 214 cm³/mol. The largest absolute Gasteiger partial charge is 0.456 e. The van der Waals surface area contributed by atoms with E-state index >= 15 is 0 Å². The van der Waals surface area contributed by atoms with Crippen LogP contribution in [0.4, 0.5) is 17.1 Å². The first-order valence-corrected chi connectivity index (χ1v) is 17.7. The topological polar surface area (TPSA) is 16.4 Å². The molecule has 0 saturated carbocycles. The van der Waals surface area contributed by atoms with Gasteiger partial charge in [0.2, 0.25) is 0 Å². The monoisotopic (exact) mass is 653 g/mol. The van der Waals surface area contributed by atoms with Gasteiger partial charge in [0.15, 0.2) is 0 Å². The molecule has 242 valence electrons. The van der Waals surface area contributed by atoms with E-state index in [1.54, 1.807) is 0 Å². The molecule has 1 aromatic heterocycles. The van der Waals surface area contributed by atoms with Crippen LogP contribution in [0.25, 0.3) is 66.1 Å². The Bertz CT molecular complexity index is 2750. The molecule has 0 atom stereocenters. The van der Waals surface area contributed by atoms with Crippen molar-refractivity contribution in [3.63, 3.8) is 0 Å². The minimum absolute atomic E-state index is 0.177. The molecule has 2 nitrogen and oxygen atoms in total. The number of anilines is 3. The van der Waals surface area contributed by atoms with Crippen LogP contribution in [0.1, 0.15) is 25.0 Å². The van der Waals surface area contributed by atoms with Crippen molar-refractivity contribution in [3.05, 3.63) is 187 Å². The lowest BCUT2D eigenvalue weighted by Gasteiger charge is -2.27. The second-order valence-corrected chi connectivity index (χ2v) is 14.1. The predicted octanol–water partition coefficient (Wildman–Crippen LogP) is 13.8. The van der Waals surface area contributed by atoms with E-state index in [0.717, 1.165) is 39.0 Å². The van der Waals surface area contributed by atoms with Crippen molar-refractivity contribution in [1.29, 1.82) is 0 Å². The number of fused-ring (bicyclic) bond motifs is 8. The first-order chi connectivity index (χ1) is 25.1. The molecule has 1 heterocycles. The zero-order valence-electron chi connectivity index (χ0n) is 28.6. The molecular formula is C49H35NO. The lowest BCUT2D eigenvalue weighted by molar-refractivity contribution is 0.620. The second kappa shape index (κ2) is 11.3. The highest BCUT2D eigenvalue weighted by molar-refractivity contribution is 6.15. The van der Waals surface area contributed by atoms with Gasteiger partial charge in [0.25, 0.3) is 0 Å². The lowest BCUT2D eigenvalue weighted by atomic mass is 9.82. The molecule has 0 radical (unpaired) electrons. The van der Waals surface area contributed by atoms with Gasteiger partial charge in [-0.2, -0.15) is 0 Å². The summed E-state index contributed by atoms with van der Waals surface area (Å²) in [6.07, 6.45) is 0. The number of rotatable bonds is 5. The minimum Gasteiger partial charge on any atom is -0.456 e. The van der Waals surface area contributed by atoms with E-state index in [1.807, 2.05) is 0 Å². The lowest BCUT2D eigenvalue weighted by Crippen LogP contribution is -2.15. The minimum atomic E-state index is -0.177. The highest BCUT2D eigenvalue weighted by Gasteiger charge is 2.38.